The predicted molar refractivity (Wildman–Crippen MR) is 93.7 cm³/mol. The second-order valence-corrected chi connectivity index (χ2v) is 8.35. The van der Waals surface area contributed by atoms with Crippen molar-refractivity contribution in [1.29, 1.82) is 0 Å². The third-order valence-electron chi connectivity index (χ3n) is 4.60. The summed E-state index contributed by atoms with van der Waals surface area (Å²) in [4.78, 5) is 13.2. The van der Waals surface area contributed by atoms with E-state index < -0.39 is 15.4 Å². The predicted octanol–water partition coefficient (Wildman–Crippen LogP) is 0.682. The van der Waals surface area contributed by atoms with Crippen LogP contribution in [-0.2, 0) is 26.7 Å². The van der Waals surface area contributed by atoms with Crippen LogP contribution in [0.4, 0.5) is 0 Å². The van der Waals surface area contributed by atoms with Crippen LogP contribution in [0.2, 0.25) is 0 Å². The minimum absolute atomic E-state index is 0.0649. The van der Waals surface area contributed by atoms with E-state index >= 15 is 0 Å². The molecular weight excluding hydrogens is 340 g/mol. The molecule has 0 atom stereocenters. The number of piperidine rings is 1. The van der Waals surface area contributed by atoms with Gasteiger partial charge in [0.2, 0.25) is 5.91 Å². The summed E-state index contributed by atoms with van der Waals surface area (Å²) in [6.07, 6.45) is 6.03. The highest BCUT2D eigenvalue weighted by Gasteiger charge is 2.41. The molecule has 7 nitrogen and oxygen atoms in total. The molecule has 1 amide bonds. The lowest BCUT2D eigenvalue weighted by Gasteiger charge is -2.36. The van der Waals surface area contributed by atoms with Gasteiger partial charge in [-0.15, -0.1) is 0 Å². The molecule has 1 aromatic carbocycles. The van der Waals surface area contributed by atoms with Gasteiger partial charge in [0.1, 0.15) is 5.54 Å². The van der Waals surface area contributed by atoms with Crippen molar-refractivity contribution >= 4 is 15.7 Å². The van der Waals surface area contributed by atoms with Crippen LogP contribution in [0.3, 0.4) is 0 Å². The van der Waals surface area contributed by atoms with Gasteiger partial charge in [-0.1, -0.05) is 12.1 Å². The Balaban J connectivity index is 1.72. The summed E-state index contributed by atoms with van der Waals surface area (Å²) < 4.78 is 24.8. The molecule has 1 fully saturated rings. The molecule has 0 saturated carbocycles. The quantitative estimate of drug-likeness (QED) is 0.816. The minimum Gasteiger partial charge on any atom is -0.350 e. The molecule has 1 aliphatic rings. The number of aromatic nitrogens is 2. The van der Waals surface area contributed by atoms with E-state index in [1.54, 1.807) is 35.1 Å². The van der Waals surface area contributed by atoms with E-state index in [2.05, 4.69) is 15.7 Å². The van der Waals surface area contributed by atoms with Crippen LogP contribution in [0.25, 0.3) is 0 Å². The molecule has 134 valence electrons. The van der Waals surface area contributed by atoms with Gasteiger partial charge in [0, 0.05) is 25.2 Å². The van der Waals surface area contributed by atoms with Gasteiger partial charge >= 0.3 is 0 Å². The smallest absolute Gasteiger partial charge is 0.248 e. The minimum atomic E-state index is -3.21. The van der Waals surface area contributed by atoms with Crippen molar-refractivity contribution in [1.82, 2.24) is 20.4 Å². The number of carbonyl (C=O) groups excluding carboxylic acids is 1. The van der Waals surface area contributed by atoms with E-state index in [4.69, 9.17) is 0 Å². The van der Waals surface area contributed by atoms with Gasteiger partial charge in [0.05, 0.1) is 4.90 Å². The molecule has 25 heavy (non-hydrogen) atoms. The van der Waals surface area contributed by atoms with Crippen molar-refractivity contribution in [2.45, 2.75) is 29.8 Å². The number of nitrogens with one attached hydrogen (secondary N) is 2. The molecule has 8 heteroatoms. The number of sulfone groups is 1. The third-order valence-corrected chi connectivity index (χ3v) is 5.73. The van der Waals surface area contributed by atoms with Crippen molar-refractivity contribution < 1.29 is 13.2 Å². The Morgan fingerprint density at radius 3 is 2.52 bits per heavy atom. The Hall–Kier alpha value is -2.19. The molecule has 1 aromatic heterocycles. The summed E-state index contributed by atoms with van der Waals surface area (Å²) in [5.41, 5.74) is 0.173. The summed E-state index contributed by atoms with van der Waals surface area (Å²) in [5, 5.41) is 10.5. The zero-order valence-electron chi connectivity index (χ0n) is 14.1. The van der Waals surface area contributed by atoms with E-state index in [1.807, 2.05) is 12.3 Å². The van der Waals surface area contributed by atoms with Crippen molar-refractivity contribution in [3.8, 4) is 0 Å². The number of benzene rings is 1. The van der Waals surface area contributed by atoms with Gasteiger partial charge in [-0.3, -0.25) is 9.48 Å². The second kappa shape index (κ2) is 6.97. The topological polar surface area (TPSA) is 93.1 Å². The van der Waals surface area contributed by atoms with Gasteiger partial charge < -0.3 is 10.6 Å². The average Bonchev–Trinajstić information content (AvgIpc) is 3.15. The first-order chi connectivity index (χ1) is 11.9. The normalized spacial score (nSPS) is 17.2. The standard InChI is InChI=1S/C17H22N4O3S/c1-25(23,24)15-5-3-14(4-6-15)13-19-16(22)17(7-10-18-11-8-17)21-12-2-9-20-21/h2-6,9,12,18H,7-8,10-11,13H2,1H3,(H,19,22). The lowest BCUT2D eigenvalue weighted by atomic mass is 9.87. The number of hydrogen-bond acceptors (Lipinski definition) is 5. The Labute approximate surface area is 147 Å². The average molecular weight is 362 g/mol. The molecule has 1 aliphatic heterocycles. The van der Waals surface area contributed by atoms with E-state index in [1.165, 1.54) is 6.26 Å². The van der Waals surface area contributed by atoms with Crippen molar-refractivity contribution in [2.75, 3.05) is 19.3 Å². The monoisotopic (exact) mass is 362 g/mol. The van der Waals surface area contributed by atoms with Crippen LogP contribution < -0.4 is 10.6 Å². The highest BCUT2D eigenvalue weighted by atomic mass is 32.2. The van der Waals surface area contributed by atoms with Gasteiger partial charge in [0.25, 0.3) is 0 Å². The lowest BCUT2D eigenvalue weighted by Crippen LogP contribution is -2.54. The Morgan fingerprint density at radius 2 is 1.96 bits per heavy atom. The zero-order valence-corrected chi connectivity index (χ0v) is 14.9. The summed E-state index contributed by atoms with van der Waals surface area (Å²) >= 11 is 0. The molecular formula is C17H22N4O3S. The van der Waals surface area contributed by atoms with Crippen LogP contribution in [0.15, 0.2) is 47.6 Å². The molecule has 0 spiro atoms. The molecule has 2 aromatic rings. The number of carbonyl (C=O) groups is 1. The van der Waals surface area contributed by atoms with Gasteiger partial charge in [-0.05, 0) is 49.7 Å². The van der Waals surface area contributed by atoms with Crippen LogP contribution in [0.5, 0.6) is 0 Å². The zero-order chi connectivity index (χ0) is 17.9. The SMILES string of the molecule is CS(=O)(=O)c1ccc(CNC(=O)C2(n3cccn3)CCNCC2)cc1. The fourth-order valence-electron chi connectivity index (χ4n) is 3.12. The summed E-state index contributed by atoms with van der Waals surface area (Å²) in [7, 11) is -3.21. The van der Waals surface area contributed by atoms with E-state index in [9.17, 15) is 13.2 Å². The van der Waals surface area contributed by atoms with Crippen LogP contribution >= 0.6 is 0 Å². The molecule has 2 N–H and O–H groups in total. The first-order valence-corrected chi connectivity index (χ1v) is 10.1. The Morgan fingerprint density at radius 1 is 1.28 bits per heavy atom. The molecule has 0 radical (unpaired) electrons. The van der Waals surface area contributed by atoms with Gasteiger partial charge in [-0.25, -0.2) is 8.42 Å². The fraction of sp³-hybridized carbons (Fsp3) is 0.412. The van der Waals surface area contributed by atoms with Crippen LogP contribution in [0, 0.1) is 0 Å². The Kier molecular flexibility index (Phi) is 4.91. The number of rotatable bonds is 5. The molecule has 0 aliphatic carbocycles. The summed E-state index contributed by atoms with van der Waals surface area (Å²) in [6, 6.07) is 8.38. The first kappa shape index (κ1) is 17.6. The maximum atomic E-state index is 12.9. The van der Waals surface area contributed by atoms with E-state index in [-0.39, 0.29) is 10.8 Å². The van der Waals surface area contributed by atoms with E-state index in [0.29, 0.717) is 19.4 Å². The number of hydrogen-bond donors (Lipinski definition) is 2. The highest BCUT2D eigenvalue weighted by Crippen LogP contribution is 2.27. The second-order valence-electron chi connectivity index (χ2n) is 6.33. The molecule has 0 bridgehead atoms. The number of amides is 1. The molecule has 1 saturated heterocycles. The van der Waals surface area contributed by atoms with E-state index in [0.717, 1.165) is 18.7 Å². The first-order valence-electron chi connectivity index (χ1n) is 8.20. The maximum absolute atomic E-state index is 12.9. The van der Waals surface area contributed by atoms with Crippen molar-refractivity contribution in [3.05, 3.63) is 48.3 Å². The summed E-state index contributed by atoms with van der Waals surface area (Å²) in [5.74, 6) is -0.0649. The largest absolute Gasteiger partial charge is 0.350 e. The van der Waals surface area contributed by atoms with Gasteiger partial charge in [-0.2, -0.15) is 5.10 Å². The molecule has 3 rings (SSSR count). The van der Waals surface area contributed by atoms with Crippen LogP contribution in [0.1, 0.15) is 18.4 Å². The molecule has 0 unspecified atom stereocenters. The Bertz CT molecular complexity index is 823. The van der Waals surface area contributed by atoms with Crippen molar-refractivity contribution in [3.63, 3.8) is 0 Å². The maximum Gasteiger partial charge on any atom is 0.248 e. The number of nitrogens with zero attached hydrogens (tertiary/aromatic N) is 2. The van der Waals surface area contributed by atoms with Crippen LogP contribution in [-0.4, -0.2) is 43.5 Å². The molecule has 2 heterocycles. The third kappa shape index (κ3) is 3.74. The van der Waals surface area contributed by atoms with Gasteiger partial charge in [0.15, 0.2) is 9.84 Å². The van der Waals surface area contributed by atoms with Crippen molar-refractivity contribution in [2.24, 2.45) is 0 Å². The highest BCUT2D eigenvalue weighted by molar-refractivity contribution is 7.90. The summed E-state index contributed by atoms with van der Waals surface area (Å²) in [6.45, 7) is 1.87. The lowest BCUT2D eigenvalue weighted by molar-refractivity contribution is -0.132. The fourth-order valence-corrected chi connectivity index (χ4v) is 3.75.